The average molecular weight is 357 g/mol. The fraction of sp³-hybridized carbons (Fsp3) is 1.00. The first-order valence-electron chi connectivity index (χ1n) is 7.63. The molecule has 1 aliphatic rings. The summed E-state index contributed by atoms with van der Waals surface area (Å²) in [6.07, 6.45) is 1.86. The zero-order valence-corrected chi connectivity index (χ0v) is 15.3. The molecular weight excluding hydrogens is 328 g/mol. The molecule has 0 bridgehead atoms. The minimum absolute atomic E-state index is 0.413. The minimum atomic E-state index is -3.34. The van der Waals surface area contributed by atoms with E-state index in [1.54, 1.807) is 0 Å². The van der Waals surface area contributed by atoms with Gasteiger partial charge in [-0.2, -0.15) is 17.0 Å². The molecule has 0 amide bonds. The molecule has 10 heteroatoms. The lowest BCUT2D eigenvalue weighted by Crippen LogP contribution is -2.53. The third kappa shape index (κ3) is 6.09. The Balaban J connectivity index is 2.37. The van der Waals surface area contributed by atoms with Gasteiger partial charge in [0.25, 0.3) is 10.2 Å². The molecule has 1 fully saturated rings. The third-order valence-electron chi connectivity index (χ3n) is 3.70. The van der Waals surface area contributed by atoms with Gasteiger partial charge < -0.3 is 4.90 Å². The van der Waals surface area contributed by atoms with Crippen molar-refractivity contribution in [3.8, 4) is 0 Å². The highest BCUT2D eigenvalue weighted by Gasteiger charge is 2.30. The van der Waals surface area contributed by atoms with Gasteiger partial charge in [0.1, 0.15) is 0 Å². The summed E-state index contributed by atoms with van der Waals surface area (Å²) in [5.41, 5.74) is 0. The van der Waals surface area contributed by atoms with E-state index in [1.807, 2.05) is 13.8 Å². The van der Waals surface area contributed by atoms with Gasteiger partial charge in [-0.25, -0.2) is 13.1 Å². The molecule has 0 unspecified atom stereocenters. The van der Waals surface area contributed by atoms with E-state index in [0.717, 1.165) is 19.2 Å². The largest absolute Gasteiger partial charge is 0.301 e. The van der Waals surface area contributed by atoms with E-state index < -0.39 is 20.2 Å². The predicted molar refractivity (Wildman–Crippen MR) is 87.3 cm³/mol. The van der Waals surface area contributed by atoms with Crippen LogP contribution < -0.4 is 4.72 Å². The summed E-state index contributed by atoms with van der Waals surface area (Å²) in [5, 5.41) is 0. The van der Waals surface area contributed by atoms with E-state index >= 15 is 0 Å². The lowest BCUT2D eigenvalue weighted by atomic mass is 10.3. The van der Waals surface area contributed by atoms with E-state index in [2.05, 4.69) is 9.62 Å². The molecule has 0 aromatic carbocycles. The maximum Gasteiger partial charge on any atom is 0.282 e. The quantitative estimate of drug-likeness (QED) is 0.543. The highest BCUT2D eigenvalue weighted by Crippen LogP contribution is 2.12. The van der Waals surface area contributed by atoms with Crippen molar-refractivity contribution in [3.63, 3.8) is 0 Å². The normalized spacial score (nSPS) is 18.9. The third-order valence-corrected chi connectivity index (χ3v) is 6.62. The molecular formula is C12H28N4O4S2. The summed E-state index contributed by atoms with van der Waals surface area (Å²) in [6, 6.07) is 0. The number of sulfonamides is 1. The first-order valence-corrected chi connectivity index (χ1v) is 10.9. The molecule has 1 heterocycles. The monoisotopic (exact) mass is 356 g/mol. The number of piperazine rings is 1. The fourth-order valence-corrected chi connectivity index (χ4v) is 4.58. The van der Waals surface area contributed by atoms with Crippen molar-refractivity contribution in [3.05, 3.63) is 0 Å². The van der Waals surface area contributed by atoms with Crippen molar-refractivity contribution in [2.75, 3.05) is 58.6 Å². The maximum absolute atomic E-state index is 12.4. The lowest BCUT2D eigenvalue weighted by Gasteiger charge is -2.36. The Kier molecular flexibility index (Phi) is 7.69. The fourth-order valence-electron chi connectivity index (χ4n) is 2.46. The van der Waals surface area contributed by atoms with Crippen molar-refractivity contribution in [2.24, 2.45) is 0 Å². The summed E-state index contributed by atoms with van der Waals surface area (Å²) < 4.78 is 52.1. The Hall–Kier alpha value is -0.260. The molecule has 1 saturated heterocycles. The van der Waals surface area contributed by atoms with E-state index in [-0.39, 0.29) is 0 Å². The number of hydrogen-bond acceptors (Lipinski definition) is 5. The molecule has 0 saturated carbocycles. The van der Waals surface area contributed by atoms with Gasteiger partial charge in [0.15, 0.2) is 0 Å². The van der Waals surface area contributed by atoms with Crippen molar-refractivity contribution in [1.82, 2.24) is 18.2 Å². The Morgan fingerprint density at radius 2 is 1.55 bits per heavy atom. The van der Waals surface area contributed by atoms with Crippen LogP contribution in [0.1, 0.15) is 20.3 Å². The zero-order chi connectivity index (χ0) is 16.8. The number of hydrogen-bond donors (Lipinski definition) is 1. The Bertz CT molecular complexity index is 523. The van der Waals surface area contributed by atoms with Crippen LogP contribution in [-0.2, 0) is 20.2 Å². The highest BCUT2D eigenvalue weighted by atomic mass is 32.2. The molecule has 1 N–H and O–H groups in total. The van der Waals surface area contributed by atoms with Crippen LogP contribution in [0.2, 0.25) is 0 Å². The summed E-state index contributed by atoms with van der Waals surface area (Å²) in [6.45, 7) is 8.15. The first-order chi connectivity index (χ1) is 10.2. The van der Waals surface area contributed by atoms with Crippen LogP contribution in [0.5, 0.6) is 0 Å². The van der Waals surface area contributed by atoms with Gasteiger partial charge in [-0.15, -0.1) is 0 Å². The van der Waals surface area contributed by atoms with Crippen molar-refractivity contribution < 1.29 is 16.8 Å². The molecule has 0 aromatic rings. The van der Waals surface area contributed by atoms with E-state index in [4.69, 9.17) is 0 Å². The van der Waals surface area contributed by atoms with Crippen LogP contribution in [0, 0.1) is 0 Å². The molecule has 1 rings (SSSR count). The van der Waals surface area contributed by atoms with Crippen molar-refractivity contribution in [2.45, 2.75) is 20.3 Å². The Morgan fingerprint density at radius 1 is 1.00 bits per heavy atom. The SMILES string of the molecule is CCN(CC)S(=O)(=O)N1CCN(CCCNS(C)(=O)=O)CC1. The molecule has 0 radical (unpaired) electrons. The van der Waals surface area contributed by atoms with Crippen LogP contribution in [0.4, 0.5) is 0 Å². The van der Waals surface area contributed by atoms with Crippen LogP contribution in [-0.4, -0.2) is 89.0 Å². The lowest BCUT2D eigenvalue weighted by molar-refractivity contribution is 0.180. The molecule has 22 heavy (non-hydrogen) atoms. The molecule has 0 atom stereocenters. The summed E-state index contributed by atoms with van der Waals surface area (Å²) >= 11 is 0. The molecule has 0 aromatic heterocycles. The predicted octanol–water partition coefficient (Wildman–Crippen LogP) is -0.870. The van der Waals surface area contributed by atoms with Crippen molar-refractivity contribution >= 4 is 20.2 Å². The van der Waals surface area contributed by atoms with Gasteiger partial charge in [-0.3, -0.25) is 0 Å². The number of nitrogens with one attached hydrogen (secondary N) is 1. The smallest absolute Gasteiger partial charge is 0.282 e. The topological polar surface area (TPSA) is 90.0 Å². The number of rotatable bonds is 9. The molecule has 132 valence electrons. The number of nitrogens with zero attached hydrogens (tertiary/aromatic N) is 3. The van der Waals surface area contributed by atoms with E-state index in [0.29, 0.717) is 45.8 Å². The molecule has 1 aliphatic heterocycles. The summed E-state index contributed by atoms with van der Waals surface area (Å²) in [5.74, 6) is 0. The molecule has 8 nitrogen and oxygen atoms in total. The second-order valence-corrected chi connectivity index (χ2v) is 9.11. The second kappa shape index (κ2) is 8.55. The van der Waals surface area contributed by atoms with Crippen molar-refractivity contribution in [1.29, 1.82) is 0 Å². The van der Waals surface area contributed by atoms with Gasteiger partial charge >= 0.3 is 0 Å². The van der Waals surface area contributed by atoms with Gasteiger partial charge in [0, 0.05) is 45.8 Å². The standard InChI is InChI=1S/C12H28N4O4S2/c1-4-15(5-2)22(19,20)16-11-9-14(10-12-16)8-6-7-13-21(3,17)18/h13H,4-12H2,1-3H3. The highest BCUT2D eigenvalue weighted by molar-refractivity contribution is 7.88. The van der Waals surface area contributed by atoms with Crippen LogP contribution in [0.3, 0.4) is 0 Å². The van der Waals surface area contributed by atoms with Gasteiger partial charge in [-0.1, -0.05) is 13.8 Å². The molecule has 0 spiro atoms. The van der Waals surface area contributed by atoms with Crippen LogP contribution >= 0.6 is 0 Å². The van der Waals surface area contributed by atoms with Gasteiger partial charge in [-0.05, 0) is 13.0 Å². The summed E-state index contributed by atoms with van der Waals surface area (Å²) in [7, 11) is -6.48. The maximum atomic E-state index is 12.4. The average Bonchev–Trinajstić information content (AvgIpc) is 2.44. The van der Waals surface area contributed by atoms with Crippen LogP contribution in [0.15, 0.2) is 0 Å². The minimum Gasteiger partial charge on any atom is -0.301 e. The zero-order valence-electron chi connectivity index (χ0n) is 13.7. The Labute approximate surface area is 134 Å². The summed E-state index contributed by atoms with van der Waals surface area (Å²) in [4.78, 5) is 2.16. The van der Waals surface area contributed by atoms with Crippen LogP contribution in [0.25, 0.3) is 0 Å². The second-order valence-electron chi connectivity index (χ2n) is 5.35. The van der Waals surface area contributed by atoms with E-state index in [9.17, 15) is 16.8 Å². The van der Waals surface area contributed by atoms with Gasteiger partial charge in [0.05, 0.1) is 6.26 Å². The molecule has 0 aliphatic carbocycles. The Morgan fingerprint density at radius 3 is 2.00 bits per heavy atom. The van der Waals surface area contributed by atoms with E-state index in [1.165, 1.54) is 8.61 Å². The van der Waals surface area contributed by atoms with Gasteiger partial charge in [0.2, 0.25) is 10.0 Å². The first kappa shape index (κ1) is 19.8.